The second kappa shape index (κ2) is 7.66. The first-order chi connectivity index (χ1) is 12.0. The lowest BCUT2D eigenvalue weighted by atomic mass is 9.77. The van der Waals surface area contributed by atoms with E-state index in [4.69, 9.17) is 10.5 Å². The summed E-state index contributed by atoms with van der Waals surface area (Å²) in [6.07, 6.45) is 4.17. The average Bonchev–Trinajstić information content (AvgIpc) is 2.94. The van der Waals surface area contributed by atoms with Gasteiger partial charge in [-0.05, 0) is 56.2 Å². The van der Waals surface area contributed by atoms with Crippen molar-refractivity contribution >= 4 is 11.9 Å². The summed E-state index contributed by atoms with van der Waals surface area (Å²) in [5.41, 5.74) is 7.18. The highest BCUT2D eigenvalue weighted by molar-refractivity contribution is 5.92. The van der Waals surface area contributed by atoms with E-state index in [-0.39, 0.29) is 18.0 Å². The summed E-state index contributed by atoms with van der Waals surface area (Å²) >= 11 is 0. The molecule has 0 radical (unpaired) electrons. The van der Waals surface area contributed by atoms with E-state index in [9.17, 15) is 4.79 Å². The Morgan fingerprint density at radius 3 is 2.92 bits per heavy atom. The first-order valence-electron chi connectivity index (χ1n) is 9.20. The molecule has 3 heterocycles. The molecule has 1 amide bonds. The van der Waals surface area contributed by atoms with Crippen LogP contribution >= 0.6 is 0 Å². The van der Waals surface area contributed by atoms with E-state index in [1.807, 2.05) is 0 Å². The van der Waals surface area contributed by atoms with E-state index in [1.165, 1.54) is 0 Å². The van der Waals surface area contributed by atoms with Gasteiger partial charge in [-0.15, -0.1) is 0 Å². The number of nitrogens with two attached hydrogens (primary N) is 1. The van der Waals surface area contributed by atoms with E-state index in [2.05, 4.69) is 34.4 Å². The number of amides is 1. The number of rotatable bonds is 5. The van der Waals surface area contributed by atoms with Crippen molar-refractivity contribution in [2.75, 3.05) is 32.0 Å². The standard InChI is InChI=1S/C18H29N5O2/c1-12(2)7-13-8-15(23-17(19)22-13)16(24)21-10-14-9-18(11-25-14)3-5-20-6-4-18/h8,12,14,20H,3-7,9-11H2,1-2H3,(H,21,24)(H2,19,22,23). The Morgan fingerprint density at radius 1 is 1.44 bits per heavy atom. The van der Waals surface area contributed by atoms with Gasteiger partial charge in [0.25, 0.3) is 5.91 Å². The number of carbonyl (C=O) groups is 1. The SMILES string of the molecule is CC(C)Cc1cc(C(=O)NCC2CC3(CCNCC3)CO2)nc(N)n1. The van der Waals surface area contributed by atoms with Crippen LogP contribution in [0.4, 0.5) is 5.95 Å². The maximum absolute atomic E-state index is 12.4. The fourth-order valence-corrected chi connectivity index (χ4v) is 3.79. The summed E-state index contributed by atoms with van der Waals surface area (Å²) in [7, 11) is 0. The van der Waals surface area contributed by atoms with Crippen LogP contribution < -0.4 is 16.4 Å². The zero-order valence-electron chi connectivity index (χ0n) is 15.2. The maximum Gasteiger partial charge on any atom is 0.270 e. The fraction of sp³-hybridized carbons (Fsp3) is 0.722. The van der Waals surface area contributed by atoms with Gasteiger partial charge in [-0.25, -0.2) is 9.97 Å². The number of aromatic nitrogens is 2. The Morgan fingerprint density at radius 2 is 2.20 bits per heavy atom. The molecule has 7 nitrogen and oxygen atoms in total. The van der Waals surface area contributed by atoms with Gasteiger partial charge in [-0.2, -0.15) is 0 Å². The molecule has 2 fully saturated rings. The predicted octanol–water partition coefficient (Wildman–Crippen LogP) is 1.15. The lowest BCUT2D eigenvalue weighted by Gasteiger charge is -2.32. The molecule has 3 rings (SSSR count). The monoisotopic (exact) mass is 347 g/mol. The van der Waals surface area contributed by atoms with Crippen molar-refractivity contribution in [3.63, 3.8) is 0 Å². The molecule has 0 aromatic carbocycles. The van der Waals surface area contributed by atoms with Crippen molar-refractivity contribution in [1.29, 1.82) is 0 Å². The van der Waals surface area contributed by atoms with Gasteiger partial charge in [0, 0.05) is 12.2 Å². The lowest BCUT2D eigenvalue weighted by Crippen LogP contribution is -2.38. The number of piperidine rings is 1. The van der Waals surface area contributed by atoms with Crippen LogP contribution in [0.1, 0.15) is 49.3 Å². The van der Waals surface area contributed by atoms with Crippen LogP contribution in [0, 0.1) is 11.3 Å². The van der Waals surface area contributed by atoms with Crippen LogP contribution in [0.25, 0.3) is 0 Å². The largest absolute Gasteiger partial charge is 0.376 e. The molecule has 2 saturated heterocycles. The third-order valence-corrected chi connectivity index (χ3v) is 5.09. The highest BCUT2D eigenvalue weighted by Crippen LogP contribution is 2.40. The van der Waals surface area contributed by atoms with Crippen LogP contribution in [0.5, 0.6) is 0 Å². The number of hydrogen-bond acceptors (Lipinski definition) is 6. The van der Waals surface area contributed by atoms with Crippen molar-refractivity contribution in [3.05, 3.63) is 17.5 Å². The summed E-state index contributed by atoms with van der Waals surface area (Å²) in [5.74, 6) is 0.376. The van der Waals surface area contributed by atoms with Gasteiger partial charge in [0.2, 0.25) is 5.95 Å². The third kappa shape index (κ3) is 4.67. The normalized spacial score (nSPS) is 22.4. The minimum Gasteiger partial charge on any atom is -0.376 e. The van der Waals surface area contributed by atoms with E-state index in [0.29, 0.717) is 23.6 Å². The van der Waals surface area contributed by atoms with E-state index >= 15 is 0 Å². The molecule has 0 saturated carbocycles. The van der Waals surface area contributed by atoms with Crippen LogP contribution in [-0.2, 0) is 11.2 Å². The van der Waals surface area contributed by atoms with Gasteiger partial charge in [0.1, 0.15) is 5.69 Å². The summed E-state index contributed by atoms with van der Waals surface area (Å²) in [6, 6.07) is 1.73. The molecule has 1 spiro atoms. The Kier molecular flexibility index (Phi) is 5.54. The zero-order valence-corrected chi connectivity index (χ0v) is 15.2. The number of ether oxygens (including phenoxy) is 1. The maximum atomic E-state index is 12.4. The first-order valence-corrected chi connectivity index (χ1v) is 9.20. The number of nitrogens with zero attached hydrogens (tertiary/aromatic N) is 2. The zero-order chi connectivity index (χ0) is 17.9. The van der Waals surface area contributed by atoms with Gasteiger partial charge in [0.05, 0.1) is 12.7 Å². The molecule has 25 heavy (non-hydrogen) atoms. The Hall–Kier alpha value is -1.73. The predicted molar refractivity (Wildman–Crippen MR) is 96.2 cm³/mol. The molecule has 138 valence electrons. The number of nitrogen functional groups attached to an aromatic ring is 1. The number of nitrogens with one attached hydrogen (secondary N) is 2. The summed E-state index contributed by atoms with van der Waals surface area (Å²) in [6.45, 7) is 7.63. The highest BCUT2D eigenvalue weighted by atomic mass is 16.5. The third-order valence-electron chi connectivity index (χ3n) is 5.09. The van der Waals surface area contributed by atoms with Crippen molar-refractivity contribution in [2.24, 2.45) is 11.3 Å². The van der Waals surface area contributed by atoms with E-state index in [0.717, 1.165) is 51.1 Å². The second-order valence-corrected chi connectivity index (χ2v) is 7.80. The van der Waals surface area contributed by atoms with Crippen LogP contribution in [0.3, 0.4) is 0 Å². The fourth-order valence-electron chi connectivity index (χ4n) is 3.79. The van der Waals surface area contributed by atoms with Gasteiger partial charge in [-0.1, -0.05) is 13.8 Å². The quantitative estimate of drug-likeness (QED) is 0.738. The first kappa shape index (κ1) is 18.1. The molecule has 4 N–H and O–H groups in total. The molecule has 7 heteroatoms. The molecule has 0 aliphatic carbocycles. The molecule has 1 unspecified atom stereocenters. The minimum absolute atomic E-state index is 0.0800. The van der Waals surface area contributed by atoms with Crippen molar-refractivity contribution in [3.8, 4) is 0 Å². The highest BCUT2D eigenvalue weighted by Gasteiger charge is 2.40. The molecule has 1 aromatic rings. The lowest BCUT2D eigenvalue weighted by molar-refractivity contribution is 0.0779. The van der Waals surface area contributed by atoms with Crippen LogP contribution in [0.15, 0.2) is 6.07 Å². The van der Waals surface area contributed by atoms with Crippen molar-refractivity contribution in [1.82, 2.24) is 20.6 Å². The molecule has 0 bridgehead atoms. The smallest absolute Gasteiger partial charge is 0.270 e. The van der Waals surface area contributed by atoms with Gasteiger partial charge < -0.3 is 21.1 Å². The second-order valence-electron chi connectivity index (χ2n) is 7.80. The average molecular weight is 347 g/mol. The Labute approximate surface area is 149 Å². The van der Waals surface area contributed by atoms with E-state index in [1.54, 1.807) is 6.07 Å². The number of anilines is 1. The number of carbonyl (C=O) groups excluding carboxylic acids is 1. The van der Waals surface area contributed by atoms with Crippen LogP contribution in [-0.4, -0.2) is 48.2 Å². The van der Waals surface area contributed by atoms with Gasteiger partial charge in [0.15, 0.2) is 0 Å². The molecule has 2 aliphatic rings. The summed E-state index contributed by atoms with van der Waals surface area (Å²) < 4.78 is 5.93. The van der Waals surface area contributed by atoms with Gasteiger partial charge in [-0.3, -0.25) is 4.79 Å². The molecular formula is C18H29N5O2. The summed E-state index contributed by atoms with van der Waals surface area (Å²) in [4.78, 5) is 20.7. The Balaban J connectivity index is 1.55. The topological polar surface area (TPSA) is 102 Å². The number of hydrogen-bond donors (Lipinski definition) is 3. The molecule has 1 atom stereocenters. The van der Waals surface area contributed by atoms with E-state index < -0.39 is 0 Å². The van der Waals surface area contributed by atoms with Crippen LogP contribution in [0.2, 0.25) is 0 Å². The van der Waals surface area contributed by atoms with Crippen molar-refractivity contribution in [2.45, 2.75) is 45.6 Å². The molecule has 1 aromatic heterocycles. The minimum atomic E-state index is -0.214. The van der Waals surface area contributed by atoms with Gasteiger partial charge >= 0.3 is 0 Å². The Bertz CT molecular complexity index is 613. The molecular weight excluding hydrogens is 318 g/mol. The summed E-state index contributed by atoms with van der Waals surface area (Å²) in [5, 5.41) is 6.34. The van der Waals surface area contributed by atoms with Crippen molar-refractivity contribution < 1.29 is 9.53 Å². The molecule has 2 aliphatic heterocycles.